The second kappa shape index (κ2) is 9.45. The molecule has 0 heterocycles. The van der Waals surface area contributed by atoms with Crippen LogP contribution in [0.1, 0.15) is 13.8 Å². The van der Waals surface area contributed by atoms with Crippen LogP contribution in [0.5, 0.6) is 0 Å². The van der Waals surface area contributed by atoms with Gasteiger partial charge in [0.1, 0.15) is 5.70 Å². The molecule has 0 aliphatic heterocycles. The summed E-state index contributed by atoms with van der Waals surface area (Å²) < 4.78 is 4.26. The second-order valence-corrected chi connectivity index (χ2v) is 2.49. The molecule has 0 fully saturated rings. The topological polar surface area (TPSA) is 92.7 Å². The van der Waals surface area contributed by atoms with Crippen molar-refractivity contribution in [3.63, 3.8) is 0 Å². The van der Waals surface area contributed by atoms with Gasteiger partial charge in [-0.1, -0.05) is 12.7 Å². The molecule has 90 valence electrons. The predicted molar refractivity (Wildman–Crippen MR) is 57.4 cm³/mol. The number of ether oxygens (including phenoxy) is 1. The minimum Gasteiger partial charge on any atom is -0.478 e. The van der Waals surface area contributed by atoms with E-state index in [2.05, 4.69) is 16.6 Å². The number of carboxylic acid groups (broad SMARTS) is 1. The summed E-state index contributed by atoms with van der Waals surface area (Å²) in [4.78, 5) is 30.3. The van der Waals surface area contributed by atoms with Crippen molar-refractivity contribution in [2.75, 3.05) is 7.11 Å². The summed E-state index contributed by atoms with van der Waals surface area (Å²) in [7, 11) is 1.22. The number of rotatable bonds is 3. The van der Waals surface area contributed by atoms with Crippen molar-refractivity contribution in [3.05, 3.63) is 24.4 Å². The first-order valence-corrected chi connectivity index (χ1v) is 4.25. The van der Waals surface area contributed by atoms with Gasteiger partial charge in [0.15, 0.2) is 0 Å². The molecule has 0 saturated heterocycles. The molecule has 0 atom stereocenters. The first-order chi connectivity index (χ1) is 7.34. The van der Waals surface area contributed by atoms with E-state index in [1.165, 1.54) is 20.1 Å². The maximum absolute atomic E-state index is 10.5. The molecular formula is C10H15NO5. The molecule has 0 aromatic carbocycles. The van der Waals surface area contributed by atoms with Crippen LogP contribution >= 0.6 is 0 Å². The summed E-state index contributed by atoms with van der Waals surface area (Å²) in [5, 5.41) is 10.0. The van der Waals surface area contributed by atoms with Crippen LogP contribution in [0.15, 0.2) is 24.4 Å². The summed E-state index contributed by atoms with van der Waals surface area (Å²) in [6.07, 6.45) is 2.56. The van der Waals surface area contributed by atoms with Crippen molar-refractivity contribution in [1.82, 2.24) is 5.32 Å². The van der Waals surface area contributed by atoms with Gasteiger partial charge in [-0.3, -0.25) is 4.79 Å². The molecular weight excluding hydrogens is 214 g/mol. The highest BCUT2D eigenvalue weighted by Gasteiger charge is 2.06. The summed E-state index contributed by atoms with van der Waals surface area (Å²) >= 11 is 0. The number of amides is 1. The van der Waals surface area contributed by atoms with Crippen LogP contribution in [0.3, 0.4) is 0 Å². The van der Waals surface area contributed by atoms with E-state index >= 15 is 0 Å². The molecule has 1 amide bonds. The highest BCUT2D eigenvalue weighted by molar-refractivity contribution is 5.92. The molecule has 0 spiro atoms. The summed E-state index contributed by atoms with van der Waals surface area (Å²) in [5.74, 6) is -1.86. The Kier molecular flexibility index (Phi) is 9.64. The van der Waals surface area contributed by atoms with Crippen molar-refractivity contribution in [3.8, 4) is 0 Å². The number of allylic oxidation sites excluding steroid dienone is 1. The third-order valence-corrected chi connectivity index (χ3v) is 1.07. The summed E-state index contributed by atoms with van der Waals surface area (Å²) in [6, 6.07) is 0. The Morgan fingerprint density at radius 1 is 1.38 bits per heavy atom. The molecule has 0 bridgehead atoms. The van der Waals surface area contributed by atoms with E-state index in [1.807, 2.05) is 0 Å². The van der Waals surface area contributed by atoms with Crippen molar-refractivity contribution >= 4 is 17.8 Å². The number of aliphatic carboxylic acids is 1. The molecule has 16 heavy (non-hydrogen) atoms. The minimum atomic E-state index is -0.891. The molecule has 0 aliphatic carbocycles. The predicted octanol–water partition coefficient (Wildman–Crippen LogP) is 0.456. The Morgan fingerprint density at radius 2 is 1.88 bits per heavy atom. The van der Waals surface area contributed by atoms with Gasteiger partial charge in [-0.05, 0) is 6.92 Å². The lowest BCUT2D eigenvalue weighted by atomic mass is 10.5. The van der Waals surface area contributed by atoms with Crippen LogP contribution in [0.4, 0.5) is 0 Å². The number of carbonyl (C=O) groups excluding carboxylic acids is 2. The normalized spacial score (nSPS) is 8.69. The van der Waals surface area contributed by atoms with E-state index < -0.39 is 11.9 Å². The average Bonchev–Trinajstić information content (AvgIpc) is 2.16. The van der Waals surface area contributed by atoms with Crippen molar-refractivity contribution in [1.29, 1.82) is 0 Å². The molecule has 0 aromatic heterocycles. The highest BCUT2D eigenvalue weighted by atomic mass is 16.5. The molecule has 0 saturated carbocycles. The second-order valence-electron chi connectivity index (χ2n) is 2.49. The van der Waals surface area contributed by atoms with Crippen molar-refractivity contribution in [2.45, 2.75) is 13.8 Å². The average molecular weight is 229 g/mol. The number of nitrogens with one attached hydrogen (secondary N) is 1. The Balaban J connectivity index is 0. The van der Waals surface area contributed by atoms with Gasteiger partial charge in [0.2, 0.25) is 5.91 Å². The van der Waals surface area contributed by atoms with E-state index in [9.17, 15) is 14.4 Å². The SMILES string of the molecule is C=C(NC(C)=O)C(=O)OC.CC=CC(=O)O. The van der Waals surface area contributed by atoms with Gasteiger partial charge in [0.25, 0.3) is 0 Å². The number of hydrogen-bond acceptors (Lipinski definition) is 4. The van der Waals surface area contributed by atoms with Crippen molar-refractivity contribution < 1.29 is 24.2 Å². The third kappa shape index (κ3) is 11.9. The largest absolute Gasteiger partial charge is 0.478 e. The van der Waals surface area contributed by atoms with E-state index in [0.717, 1.165) is 6.08 Å². The standard InChI is InChI=1S/C6H9NO3.C4H6O2/c1-4(6(9)10-3)7-5(2)8;1-2-3-4(5)6/h1H2,2-3H3,(H,7,8);2-3H,1H3,(H,5,6). The van der Waals surface area contributed by atoms with Crippen molar-refractivity contribution in [2.24, 2.45) is 0 Å². The molecule has 6 nitrogen and oxygen atoms in total. The molecule has 2 N–H and O–H groups in total. The zero-order valence-corrected chi connectivity index (χ0v) is 9.44. The summed E-state index contributed by atoms with van der Waals surface area (Å²) in [5.41, 5.74) is -0.0463. The van der Waals surface area contributed by atoms with Gasteiger partial charge in [-0.25, -0.2) is 9.59 Å². The van der Waals surface area contributed by atoms with E-state index in [-0.39, 0.29) is 11.6 Å². The number of methoxy groups -OCH3 is 1. The van der Waals surface area contributed by atoms with Crippen LogP contribution < -0.4 is 5.32 Å². The van der Waals surface area contributed by atoms with Crippen LogP contribution in [0.25, 0.3) is 0 Å². The lowest BCUT2D eigenvalue weighted by Crippen LogP contribution is -2.24. The molecule has 0 unspecified atom stereocenters. The lowest BCUT2D eigenvalue weighted by Gasteiger charge is -2.01. The fraction of sp³-hybridized carbons (Fsp3) is 0.300. The van der Waals surface area contributed by atoms with Gasteiger partial charge < -0.3 is 15.2 Å². The maximum atomic E-state index is 10.5. The third-order valence-electron chi connectivity index (χ3n) is 1.07. The van der Waals surface area contributed by atoms with E-state index in [1.54, 1.807) is 6.92 Å². The number of esters is 1. The van der Waals surface area contributed by atoms with Gasteiger partial charge in [-0.15, -0.1) is 0 Å². The molecule has 6 heteroatoms. The van der Waals surface area contributed by atoms with Gasteiger partial charge in [0, 0.05) is 13.0 Å². The Bertz CT molecular complexity index is 306. The zero-order chi connectivity index (χ0) is 13.1. The van der Waals surface area contributed by atoms with Crippen LogP contribution in [-0.2, 0) is 19.1 Å². The van der Waals surface area contributed by atoms with Crippen LogP contribution in [0.2, 0.25) is 0 Å². The number of hydrogen-bond donors (Lipinski definition) is 2. The first-order valence-electron chi connectivity index (χ1n) is 4.25. The van der Waals surface area contributed by atoms with Crippen LogP contribution in [0, 0.1) is 0 Å². The zero-order valence-electron chi connectivity index (χ0n) is 9.44. The monoisotopic (exact) mass is 229 g/mol. The molecule has 0 rings (SSSR count). The molecule has 0 radical (unpaired) electrons. The highest BCUT2D eigenvalue weighted by Crippen LogP contribution is 1.86. The Labute approximate surface area is 93.6 Å². The number of carbonyl (C=O) groups is 3. The fourth-order valence-electron chi connectivity index (χ4n) is 0.529. The minimum absolute atomic E-state index is 0.0463. The van der Waals surface area contributed by atoms with Gasteiger partial charge in [-0.2, -0.15) is 0 Å². The summed E-state index contributed by atoms with van der Waals surface area (Å²) in [6.45, 7) is 6.21. The smallest absolute Gasteiger partial charge is 0.353 e. The fourth-order valence-corrected chi connectivity index (χ4v) is 0.529. The quantitative estimate of drug-likeness (QED) is 0.541. The Morgan fingerprint density at radius 3 is 2.06 bits per heavy atom. The number of carboxylic acids is 1. The molecule has 0 aliphatic rings. The first kappa shape index (κ1) is 16.3. The lowest BCUT2D eigenvalue weighted by molar-refractivity contribution is -0.137. The van der Waals surface area contributed by atoms with Gasteiger partial charge in [0.05, 0.1) is 7.11 Å². The molecule has 0 aromatic rings. The van der Waals surface area contributed by atoms with E-state index in [0.29, 0.717) is 0 Å². The van der Waals surface area contributed by atoms with E-state index in [4.69, 9.17) is 5.11 Å². The Hall–Kier alpha value is -2.11. The van der Waals surface area contributed by atoms with Crippen LogP contribution in [-0.4, -0.2) is 30.1 Å². The maximum Gasteiger partial charge on any atom is 0.353 e. The van der Waals surface area contributed by atoms with Gasteiger partial charge >= 0.3 is 11.9 Å².